The van der Waals surface area contributed by atoms with Crippen LogP contribution in [0.5, 0.6) is 0 Å². The topological polar surface area (TPSA) is 81.8 Å². The molecule has 0 spiro atoms. The summed E-state index contributed by atoms with van der Waals surface area (Å²) < 4.78 is 3.03. The molecule has 164 valence electrons. The maximum atomic E-state index is 13.4. The van der Waals surface area contributed by atoms with Gasteiger partial charge in [-0.05, 0) is 50.1 Å². The maximum absolute atomic E-state index is 13.4. The Hall–Kier alpha value is -3.45. The van der Waals surface area contributed by atoms with Gasteiger partial charge >= 0.3 is 0 Å². The third-order valence-electron chi connectivity index (χ3n) is 5.50. The minimum Gasteiger partial charge on any atom is -0.350 e. The van der Waals surface area contributed by atoms with E-state index in [0.29, 0.717) is 40.3 Å². The Morgan fingerprint density at radius 3 is 2.41 bits per heavy atom. The van der Waals surface area contributed by atoms with Gasteiger partial charge in [-0.1, -0.05) is 48.9 Å². The highest BCUT2D eigenvalue weighted by Crippen LogP contribution is 2.21. The number of fused-ring (bicyclic) bond motifs is 1. The average molecular weight is 450 g/mol. The number of carbonyl (C=O) groups is 1. The third kappa shape index (κ3) is 4.03. The molecule has 2 aromatic heterocycles. The van der Waals surface area contributed by atoms with Crippen molar-refractivity contribution in [2.75, 3.05) is 0 Å². The molecule has 4 rings (SSSR count). The molecule has 0 aliphatic rings. The first-order valence-corrected chi connectivity index (χ1v) is 10.8. The van der Waals surface area contributed by atoms with Gasteiger partial charge in [-0.25, -0.2) is 9.36 Å². The van der Waals surface area contributed by atoms with Crippen LogP contribution in [0.15, 0.2) is 59.4 Å². The van der Waals surface area contributed by atoms with Crippen LogP contribution in [0, 0.1) is 13.8 Å². The quantitative estimate of drug-likeness (QED) is 0.480. The zero-order valence-corrected chi connectivity index (χ0v) is 18.9. The summed E-state index contributed by atoms with van der Waals surface area (Å²) >= 11 is 5.92. The van der Waals surface area contributed by atoms with Crippen LogP contribution in [-0.4, -0.2) is 25.5 Å². The lowest BCUT2D eigenvalue weighted by atomic mass is 10.1. The van der Waals surface area contributed by atoms with E-state index in [4.69, 9.17) is 11.6 Å². The lowest BCUT2D eigenvalue weighted by Gasteiger charge is -2.17. The highest BCUT2D eigenvalue weighted by Gasteiger charge is 2.25. The van der Waals surface area contributed by atoms with Crippen LogP contribution in [0.4, 0.5) is 0 Å². The molecule has 0 saturated carbocycles. The molecular weight excluding hydrogens is 426 g/mol. The molecule has 0 fully saturated rings. The van der Waals surface area contributed by atoms with Crippen LogP contribution in [0.1, 0.15) is 36.3 Å². The fourth-order valence-corrected chi connectivity index (χ4v) is 3.92. The number of amides is 1. The highest BCUT2D eigenvalue weighted by molar-refractivity contribution is 6.30. The lowest BCUT2D eigenvalue weighted by molar-refractivity contribution is -0.125. The Labute approximate surface area is 190 Å². The standard InChI is InChI=1S/C24H24ClN5O2/c1-4-20(23(31)26-14-17-10-12-18(25)13-11-17)30-24(32)21-16(3)29(19-8-6-5-7-9-19)28-22(21)15(2)27-30/h5-13,20H,4,14H2,1-3H3,(H,26,31)/t20-/m1/s1. The molecule has 7 nitrogen and oxygen atoms in total. The van der Waals surface area contributed by atoms with E-state index in [1.807, 2.05) is 56.3 Å². The molecule has 1 N–H and O–H groups in total. The van der Waals surface area contributed by atoms with E-state index < -0.39 is 6.04 Å². The van der Waals surface area contributed by atoms with Crippen LogP contribution in [0.3, 0.4) is 0 Å². The van der Waals surface area contributed by atoms with Crippen molar-refractivity contribution in [3.63, 3.8) is 0 Å². The molecule has 0 radical (unpaired) electrons. The summed E-state index contributed by atoms with van der Waals surface area (Å²) in [4.78, 5) is 26.4. The van der Waals surface area contributed by atoms with Gasteiger partial charge in [0.05, 0.1) is 22.5 Å². The molecule has 2 aromatic carbocycles. The van der Waals surface area contributed by atoms with Gasteiger partial charge in [0.25, 0.3) is 5.56 Å². The fraction of sp³-hybridized carbons (Fsp3) is 0.250. The minimum absolute atomic E-state index is 0.260. The van der Waals surface area contributed by atoms with Gasteiger partial charge in [0.15, 0.2) is 0 Å². The van der Waals surface area contributed by atoms with Gasteiger partial charge in [-0.3, -0.25) is 9.59 Å². The summed E-state index contributed by atoms with van der Waals surface area (Å²) in [6, 6.07) is 16.2. The molecule has 4 aromatic rings. The minimum atomic E-state index is -0.725. The highest BCUT2D eigenvalue weighted by atomic mass is 35.5. The number of hydrogen-bond donors (Lipinski definition) is 1. The van der Waals surface area contributed by atoms with Gasteiger partial charge < -0.3 is 5.32 Å². The molecule has 1 atom stereocenters. The number of carbonyl (C=O) groups excluding carboxylic acids is 1. The smallest absolute Gasteiger partial charge is 0.278 e. The maximum Gasteiger partial charge on any atom is 0.278 e. The fourth-order valence-electron chi connectivity index (χ4n) is 3.79. The number of nitrogens with one attached hydrogen (secondary N) is 1. The van der Waals surface area contributed by atoms with E-state index in [2.05, 4.69) is 15.5 Å². The summed E-state index contributed by atoms with van der Waals surface area (Å²) in [6.07, 6.45) is 0.427. The Kier molecular flexibility index (Phi) is 6.10. The predicted molar refractivity (Wildman–Crippen MR) is 125 cm³/mol. The molecule has 0 saturated heterocycles. The third-order valence-corrected chi connectivity index (χ3v) is 5.76. The Morgan fingerprint density at radius 1 is 1.06 bits per heavy atom. The predicted octanol–water partition coefficient (Wildman–Crippen LogP) is 4.12. The number of aromatic nitrogens is 4. The summed E-state index contributed by atoms with van der Waals surface area (Å²) in [5.74, 6) is -0.260. The van der Waals surface area contributed by atoms with E-state index >= 15 is 0 Å². The van der Waals surface area contributed by atoms with E-state index in [1.54, 1.807) is 23.7 Å². The van der Waals surface area contributed by atoms with Crippen molar-refractivity contribution >= 4 is 28.4 Å². The van der Waals surface area contributed by atoms with Crippen molar-refractivity contribution in [3.05, 3.63) is 86.9 Å². The summed E-state index contributed by atoms with van der Waals surface area (Å²) in [5.41, 5.74) is 3.32. The molecule has 1 amide bonds. The molecule has 0 aliphatic carbocycles. The first-order chi connectivity index (χ1) is 15.4. The average Bonchev–Trinajstić information content (AvgIpc) is 3.16. The molecule has 0 aliphatic heterocycles. The van der Waals surface area contributed by atoms with Gasteiger partial charge in [0.2, 0.25) is 5.91 Å². The molecule has 2 heterocycles. The summed E-state index contributed by atoms with van der Waals surface area (Å²) in [7, 11) is 0. The van der Waals surface area contributed by atoms with Crippen LogP contribution in [-0.2, 0) is 11.3 Å². The molecule has 0 bridgehead atoms. The van der Waals surface area contributed by atoms with Crippen molar-refractivity contribution in [1.29, 1.82) is 0 Å². The van der Waals surface area contributed by atoms with Gasteiger partial charge in [0, 0.05) is 11.6 Å². The molecule has 8 heteroatoms. The zero-order valence-electron chi connectivity index (χ0n) is 18.2. The normalized spacial score (nSPS) is 12.1. The van der Waals surface area contributed by atoms with Crippen molar-refractivity contribution in [3.8, 4) is 5.69 Å². The Bertz CT molecular complexity index is 1330. The number of nitrogens with zero attached hydrogens (tertiary/aromatic N) is 4. The first kappa shape index (κ1) is 21.8. The second kappa shape index (κ2) is 8.96. The van der Waals surface area contributed by atoms with Gasteiger partial charge in [-0.15, -0.1) is 0 Å². The largest absolute Gasteiger partial charge is 0.350 e. The summed E-state index contributed by atoms with van der Waals surface area (Å²) in [5, 5.41) is 13.1. The number of halogens is 1. The van der Waals surface area contributed by atoms with Crippen LogP contribution in [0.25, 0.3) is 16.6 Å². The number of hydrogen-bond acceptors (Lipinski definition) is 4. The number of para-hydroxylation sites is 1. The van der Waals surface area contributed by atoms with Crippen molar-refractivity contribution in [2.24, 2.45) is 0 Å². The van der Waals surface area contributed by atoms with E-state index in [9.17, 15) is 9.59 Å². The van der Waals surface area contributed by atoms with Crippen molar-refractivity contribution in [1.82, 2.24) is 24.9 Å². The molecule has 0 unspecified atom stereocenters. The second-order valence-corrected chi connectivity index (χ2v) is 8.10. The monoisotopic (exact) mass is 449 g/mol. The molecule has 32 heavy (non-hydrogen) atoms. The van der Waals surface area contributed by atoms with E-state index in [0.717, 1.165) is 11.3 Å². The Morgan fingerprint density at radius 2 is 1.75 bits per heavy atom. The first-order valence-electron chi connectivity index (χ1n) is 10.5. The molecular formula is C24H24ClN5O2. The Balaban J connectivity index is 1.70. The van der Waals surface area contributed by atoms with Crippen LogP contribution in [0.2, 0.25) is 5.02 Å². The number of aryl methyl sites for hydroxylation is 2. The summed E-state index contributed by atoms with van der Waals surface area (Å²) in [6.45, 7) is 5.86. The zero-order chi connectivity index (χ0) is 22.8. The van der Waals surface area contributed by atoms with Crippen molar-refractivity contribution in [2.45, 2.75) is 39.8 Å². The lowest BCUT2D eigenvalue weighted by Crippen LogP contribution is -2.38. The van der Waals surface area contributed by atoms with Gasteiger partial charge in [0.1, 0.15) is 11.6 Å². The van der Waals surface area contributed by atoms with Crippen molar-refractivity contribution < 1.29 is 4.79 Å². The number of benzene rings is 2. The van der Waals surface area contributed by atoms with Crippen LogP contribution >= 0.6 is 11.6 Å². The SMILES string of the molecule is CC[C@H](C(=O)NCc1ccc(Cl)cc1)n1nc(C)c2nn(-c3ccccc3)c(C)c2c1=O. The van der Waals surface area contributed by atoms with E-state index in [-0.39, 0.29) is 11.5 Å². The van der Waals surface area contributed by atoms with Crippen LogP contribution < -0.4 is 10.9 Å². The second-order valence-electron chi connectivity index (χ2n) is 7.66. The number of rotatable bonds is 6. The van der Waals surface area contributed by atoms with Gasteiger partial charge in [-0.2, -0.15) is 10.2 Å². The van der Waals surface area contributed by atoms with E-state index in [1.165, 1.54) is 4.68 Å².